The first-order valence-corrected chi connectivity index (χ1v) is 9.24. The molecule has 4 rings (SSSR count). The quantitative estimate of drug-likeness (QED) is 0.488. The molecule has 9 heteroatoms. The second-order valence-electron chi connectivity index (χ2n) is 7.17. The Morgan fingerprint density at radius 3 is 2.52 bits per heavy atom. The molecule has 2 heterocycles. The fourth-order valence-electron chi connectivity index (χ4n) is 3.56. The highest BCUT2D eigenvalue weighted by Crippen LogP contribution is 2.26. The zero-order valence-corrected chi connectivity index (χ0v) is 18.1. The van der Waals surface area contributed by atoms with Gasteiger partial charge < -0.3 is 31.7 Å². The first kappa shape index (κ1) is 23.2. The summed E-state index contributed by atoms with van der Waals surface area (Å²) in [6.45, 7) is 4.28. The van der Waals surface area contributed by atoms with Crippen LogP contribution in [0, 0.1) is 0 Å². The van der Waals surface area contributed by atoms with E-state index >= 15 is 0 Å². The highest BCUT2D eigenvalue weighted by atomic mass is 35.5. The summed E-state index contributed by atoms with van der Waals surface area (Å²) in [4.78, 5) is 22.3. The molecule has 7 nitrogen and oxygen atoms in total. The van der Waals surface area contributed by atoms with Gasteiger partial charge in [0.15, 0.2) is 0 Å². The van der Waals surface area contributed by atoms with Crippen LogP contribution in [0.5, 0.6) is 0 Å². The average Bonchev–Trinajstić information content (AvgIpc) is 2.67. The number of aliphatic hydroxyl groups is 1. The molecule has 1 fully saturated rings. The minimum absolute atomic E-state index is 0. The number of piperazine rings is 1. The lowest BCUT2D eigenvalue weighted by Crippen LogP contribution is -3.00. The average molecular weight is 441 g/mol. The minimum atomic E-state index is -0.0670. The van der Waals surface area contributed by atoms with Crippen LogP contribution in [0.2, 0.25) is 0 Å². The fourth-order valence-corrected chi connectivity index (χ4v) is 3.56. The molecule has 0 unspecified atom stereocenters. The molecule has 1 aromatic carbocycles. The van der Waals surface area contributed by atoms with Crippen LogP contribution in [-0.2, 0) is 0 Å². The Morgan fingerprint density at radius 1 is 1.14 bits per heavy atom. The molecule has 0 saturated carbocycles. The Balaban J connectivity index is 0.00000150. The number of hydrogen-bond acceptors (Lipinski definition) is 6. The molecule has 1 aliphatic carbocycles. The lowest BCUT2D eigenvalue weighted by atomic mass is 10.1. The number of benzene rings is 2. The number of H-pyrrole nitrogens is 1. The molecular formula is C20H26Cl2N4O3. The van der Waals surface area contributed by atoms with Crippen molar-refractivity contribution in [1.29, 1.82) is 0 Å². The van der Waals surface area contributed by atoms with Crippen LogP contribution in [0.1, 0.15) is 0 Å². The molecule has 0 aromatic heterocycles. The van der Waals surface area contributed by atoms with E-state index in [0.29, 0.717) is 18.0 Å². The van der Waals surface area contributed by atoms with Crippen molar-refractivity contribution in [2.24, 2.45) is 0 Å². The number of aromatic amines is 1. The van der Waals surface area contributed by atoms with Gasteiger partial charge in [-0.15, -0.1) is 12.4 Å². The van der Waals surface area contributed by atoms with Crippen molar-refractivity contribution in [3.8, 4) is 11.5 Å². The van der Waals surface area contributed by atoms with Gasteiger partial charge in [-0.1, -0.05) is 0 Å². The Morgan fingerprint density at radius 2 is 1.86 bits per heavy atom. The summed E-state index contributed by atoms with van der Waals surface area (Å²) in [5.41, 5.74) is 3.87. The number of aromatic nitrogens is 1. The standard InChI is InChI=1S/C20H24N4O3.2ClH/c1-22(2)14-3-4-16-18(12-14)27-19-13-15(11-17(26)20(19)21-16)24-7-5-23(6-8-24)9-10-25;;/h3-4,11-13,25H,5-10H2,1-2H3;2*1H. The second-order valence-corrected chi connectivity index (χ2v) is 7.17. The zero-order valence-electron chi connectivity index (χ0n) is 16.5. The molecule has 29 heavy (non-hydrogen) atoms. The molecule has 2 aliphatic heterocycles. The van der Waals surface area contributed by atoms with Crippen LogP contribution in [0.4, 0.5) is 11.4 Å². The Bertz CT molecular complexity index is 987. The predicted molar refractivity (Wildman–Crippen MR) is 113 cm³/mol. The number of halogens is 2. The van der Waals surface area contributed by atoms with E-state index in [4.69, 9.17) is 9.52 Å². The van der Waals surface area contributed by atoms with Crippen molar-refractivity contribution in [2.75, 3.05) is 63.2 Å². The van der Waals surface area contributed by atoms with Gasteiger partial charge in [0.05, 0.1) is 6.61 Å². The lowest BCUT2D eigenvalue weighted by Gasteiger charge is -2.35. The maximum Gasteiger partial charge on any atom is 0.295 e. The molecule has 3 aliphatic rings. The normalized spacial score (nSPS) is 14.5. The maximum atomic E-state index is 12.7. The summed E-state index contributed by atoms with van der Waals surface area (Å²) < 4.78 is 6.08. The van der Waals surface area contributed by atoms with E-state index in [0.717, 1.165) is 48.7 Å². The van der Waals surface area contributed by atoms with Crippen molar-refractivity contribution < 1.29 is 26.9 Å². The third-order valence-corrected chi connectivity index (χ3v) is 5.17. The van der Waals surface area contributed by atoms with Gasteiger partial charge in [0, 0.05) is 82.5 Å². The maximum absolute atomic E-state index is 12.7. The predicted octanol–water partition coefficient (Wildman–Crippen LogP) is -1.68. The lowest BCUT2D eigenvalue weighted by molar-refractivity contribution is -0.335. The molecule has 0 spiro atoms. The van der Waals surface area contributed by atoms with E-state index in [1.165, 1.54) is 0 Å². The third-order valence-electron chi connectivity index (χ3n) is 5.17. The van der Waals surface area contributed by atoms with E-state index in [2.05, 4.69) is 14.8 Å². The number of hydrogen-bond donors (Lipinski definition) is 1. The number of rotatable bonds is 4. The van der Waals surface area contributed by atoms with Gasteiger partial charge in [0.1, 0.15) is 0 Å². The van der Waals surface area contributed by atoms with Crippen molar-refractivity contribution in [3.63, 3.8) is 0 Å². The zero-order chi connectivity index (χ0) is 19.0. The molecule has 158 valence electrons. The highest BCUT2D eigenvalue weighted by molar-refractivity contribution is 5.85. The molecule has 0 bridgehead atoms. The van der Waals surface area contributed by atoms with Crippen molar-refractivity contribution in [1.82, 2.24) is 4.90 Å². The smallest absolute Gasteiger partial charge is 0.295 e. The second kappa shape index (κ2) is 9.63. The largest absolute Gasteiger partial charge is 1.00 e. The Labute approximate surface area is 182 Å². The minimum Gasteiger partial charge on any atom is -1.00 e. The molecule has 1 aromatic rings. The van der Waals surface area contributed by atoms with Crippen molar-refractivity contribution in [2.45, 2.75) is 0 Å². The third kappa shape index (κ3) is 4.75. The summed E-state index contributed by atoms with van der Waals surface area (Å²) in [5.74, 6) is 0.568. The van der Waals surface area contributed by atoms with Gasteiger partial charge >= 0.3 is 0 Å². The van der Waals surface area contributed by atoms with E-state index in [1.54, 1.807) is 6.07 Å². The molecule has 0 radical (unpaired) electrons. The summed E-state index contributed by atoms with van der Waals surface area (Å²) >= 11 is 0. The first-order chi connectivity index (χ1) is 13.0. The van der Waals surface area contributed by atoms with E-state index in [-0.39, 0.29) is 36.8 Å². The number of fused-ring (bicyclic) bond motifs is 2. The van der Waals surface area contributed by atoms with Gasteiger partial charge in [-0.05, 0) is 6.07 Å². The number of nitrogens with zero attached hydrogens (tertiary/aromatic N) is 3. The van der Waals surface area contributed by atoms with Crippen molar-refractivity contribution in [3.05, 3.63) is 40.6 Å². The van der Waals surface area contributed by atoms with Crippen LogP contribution in [0.15, 0.2) is 39.5 Å². The van der Waals surface area contributed by atoms with E-state index in [1.807, 2.05) is 43.3 Å². The first-order valence-electron chi connectivity index (χ1n) is 9.24. The molecule has 0 amide bonds. The van der Waals surface area contributed by atoms with Crippen LogP contribution >= 0.6 is 12.4 Å². The number of aliphatic hydroxyl groups excluding tert-OH is 1. The SMILES string of the molecule is CN(C)c1ccc2[nH+]c3c(=O)cc(N4CCN(CCO)CC4)cc-3oc2c1.Cl.[Cl-]. The summed E-state index contributed by atoms with van der Waals surface area (Å²) in [7, 11) is 3.96. The van der Waals surface area contributed by atoms with Gasteiger partial charge in [0.25, 0.3) is 11.1 Å². The molecule has 2 N–H and O–H groups in total. The Kier molecular flexibility index (Phi) is 7.71. The molecular weight excluding hydrogens is 415 g/mol. The highest BCUT2D eigenvalue weighted by Gasteiger charge is 2.24. The van der Waals surface area contributed by atoms with Crippen molar-refractivity contribution >= 4 is 34.9 Å². The summed E-state index contributed by atoms with van der Waals surface area (Å²) in [6, 6.07) is 9.51. The monoisotopic (exact) mass is 440 g/mol. The fraction of sp³-hybridized carbons (Fsp3) is 0.400. The topological polar surface area (TPSA) is 74.3 Å². The van der Waals surface area contributed by atoms with Gasteiger partial charge in [-0.2, -0.15) is 4.98 Å². The molecule has 1 saturated heterocycles. The summed E-state index contributed by atoms with van der Waals surface area (Å²) in [6.07, 6.45) is 0. The van der Waals surface area contributed by atoms with Gasteiger partial charge in [-0.25, -0.2) is 0 Å². The van der Waals surface area contributed by atoms with Crippen LogP contribution in [0.3, 0.4) is 0 Å². The van der Waals surface area contributed by atoms with E-state index in [9.17, 15) is 4.79 Å². The van der Waals surface area contributed by atoms with Crippen LogP contribution < -0.4 is 32.6 Å². The number of β-amino-alcohol motifs (C(OH)–C–C–N with tert-alkyl or cyclic N) is 1. The van der Waals surface area contributed by atoms with Gasteiger partial charge in [0.2, 0.25) is 16.9 Å². The number of nitrogens with one attached hydrogen (secondary N) is 1. The van der Waals surface area contributed by atoms with Gasteiger partial charge in [-0.3, -0.25) is 9.69 Å². The summed E-state index contributed by atoms with van der Waals surface area (Å²) in [5, 5.41) is 9.08. The van der Waals surface area contributed by atoms with Crippen LogP contribution in [0.25, 0.3) is 22.6 Å². The van der Waals surface area contributed by atoms with E-state index < -0.39 is 0 Å². The van der Waals surface area contributed by atoms with Crippen LogP contribution in [-0.4, -0.2) is 63.4 Å². The number of anilines is 2. The molecule has 0 atom stereocenters. The Hall–Kier alpha value is -2.06.